The van der Waals surface area contributed by atoms with Crippen LogP contribution in [0.5, 0.6) is 23.1 Å². The molecule has 1 N–H and O–H groups in total. The predicted octanol–water partition coefficient (Wildman–Crippen LogP) is 3.83. The fourth-order valence-electron chi connectivity index (χ4n) is 3.15. The lowest BCUT2D eigenvalue weighted by Crippen LogP contribution is -2.15. The highest BCUT2D eigenvalue weighted by molar-refractivity contribution is 5.62. The van der Waals surface area contributed by atoms with Gasteiger partial charge in [0.1, 0.15) is 6.10 Å². The van der Waals surface area contributed by atoms with Crippen LogP contribution < -0.4 is 18.9 Å². The Balaban J connectivity index is 2.82. The molecule has 1 aromatic carbocycles. The first kappa shape index (κ1) is 21.6. The van der Waals surface area contributed by atoms with Crippen LogP contribution in [-0.2, 0) is 6.18 Å². The van der Waals surface area contributed by atoms with Gasteiger partial charge in [-0.15, -0.1) is 0 Å². The largest absolute Gasteiger partial charge is 0.493 e. The summed E-state index contributed by atoms with van der Waals surface area (Å²) >= 11 is 0. The number of ether oxygens (including phenoxy) is 4. The Morgan fingerprint density at radius 3 is 2.00 bits per heavy atom. The topological polar surface area (TPSA) is 70.0 Å². The van der Waals surface area contributed by atoms with Crippen molar-refractivity contribution < 1.29 is 37.2 Å². The van der Waals surface area contributed by atoms with Crippen molar-refractivity contribution in [2.24, 2.45) is 0 Å². The fourth-order valence-corrected chi connectivity index (χ4v) is 3.15. The van der Waals surface area contributed by atoms with Gasteiger partial charge in [0.05, 0.1) is 39.6 Å². The molecule has 0 fully saturated rings. The molecule has 0 saturated heterocycles. The Labute approximate surface area is 160 Å². The molecular weight excluding hydrogens is 379 g/mol. The van der Waals surface area contributed by atoms with Crippen molar-refractivity contribution in [2.75, 3.05) is 28.4 Å². The number of methoxy groups -OCH3 is 4. The van der Waals surface area contributed by atoms with Gasteiger partial charge in [-0.2, -0.15) is 13.2 Å². The highest BCUT2D eigenvalue weighted by Crippen LogP contribution is 2.48. The van der Waals surface area contributed by atoms with Crippen molar-refractivity contribution in [1.29, 1.82) is 0 Å². The van der Waals surface area contributed by atoms with E-state index in [9.17, 15) is 18.3 Å². The van der Waals surface area contributed by atoms with Crippen molar-refractivity contribution in [3.05, 3.63) is 40.1 Å². The van der Waals surface area contributed by atoms with Gasteiger partial charge in [0.2, 0.25) is 11.6 Å². The SMILES string of the molecule is COc1cc(C)c(C(O)c2c(OC)ncc(C(F)(F)F)c2C)c(OC)c1OC. The lowest BCUT2D eigenvalue weighted by molar-refractivity contribution is -0.138. The number of nitrogens with zero attached hydrogens (tertiary/aromatic N) is 1. The molecule has 0 radical (unpaired) electrons. The molecule has 2 aromatic rings. The van der Waals surface area contributed by atoms with Gasteiger partial charge in [-0.1, -0.05) is 0 Å². The van der Waals surface area contributed by atoms with Gasteiger partial charge in [0.25, 0.3) is 0 Å². The number of pyridine rings is 1. The molecule has 0 saturated carbocycles. The molecule has 1 atom stereocenters. The molecule has 0 aliphatic rings. The number of aromatic nitrogens is 1. The van der Waals surface area contributed by atoms with E-state index in [1.165, 1.54) is 35.4 Å². The minimum Gasteiger partial charge on any atom is -0.493 e. The van der Waals surface area contributed by atoms with E-state index in [4.69, 9.17) is 18.9 Å². The summed E-state index contributed by atoms with van der Waals surface area (Å²) < 4.78 is 61.1. The van der Waals surface area contributed by atoms with Crippen LogP contribution in [0.4, 0.5) is 13.2 Å². The Morgan fingerprint density at radius 2 is 1.54 bits per heavy atom. The zero-order valence-electron chi connectivity index (χ0n) is 16.4. The van der Waals surface area contributed by atoms with Crippen LogP contribution in [0.1, 0.15) is 33.9 Å². The number of hydrogen-bond acceptors (Lipinski definition) is 6. The molecule has 28 heavy (non-hydrogen) atoms. The second-order valence-electron chi connectivity index (χ2n) is 6.00. The summed E-state index contributed by atoms with van der Waals surface area (Å²) in [6, 6.07) is 1.60. The van der Waals surface area contributed by atoms with Gasteiger partial charge in [0.15, 0.2) is 11.5 Å². The molecule has 9 heteroatoms. The van der Waals surface area contributed by atoms with Gasteiger partial charge in [-0.05, 0) is 31.0 Å². The fraction of sp³-hybridized carbons (Fsp3) is 0.421. The third kappa shape index (κ3) is 3.66. The minimum atomic E-state index is -4.63. The quantitative estimate of drug-likeness (QED) is 0.793. The zero-order valence-corrected chi connectivity index (χ0v) is 16.4. The first-order valence-electron chi connectivity index (χ1n) is 8.20. The van der Waals surface area contributed by atoms with Gasteiger partial charge in [-0.25, -0.2) is 4.98 Å². The highest BCUT2D eigenvalue weighted by Gasteiger charge is 2.37. The van der Waals surface area contributed by atoms with Crippen LogP contribution >= 0.6 is 0 Å². The highest BCUT2D eigenvalue weighted by atomic mass is 19.4. The second-order valence-corrected chi connectivity index (χ2v) is 6.00. The summed E-state index contributed by atoms with van der Waals surface area (Å²) in [6.07, 6.45) is -5.46. The van der Waals surface area contributed by atoms with Crippen LogP contribution in [0.15, 0.2) is 12.3 Å². The molecule has 1 unspecified atom stereocenters. The van der Waals surface area contributed by atoms with Crippen molar-refractivity contribution in [2.45, 2.75) is 26.1 Å². The second kappa shape index (κ2) is 8.14. The number of benzene rings is 1. The molecule has 6 nitrogen and oxygen atoms in total. The third-order valence-electron chi connectivity index (χ3n) is 4.47. The van der Waals surface area contributed by atoms with Crippen LogP contribution in [0.2, 0.25) is 0 Å². The van der Waals surface area contributed by atoms with Gasteiger partial charge in [0, 0.05) is 11.8 Å². The minimum absolute atomic E-state index is 0.106. The van der Waals surface area contributed by atoms with E-state index in [1.54, 1.807) is 13.0 Å². The number of alkyl halides is 3. The lowest BCUT2D eigenvalue weighted by atomic mass is 9.92. The van der Waals surface area contributed by atoms with Gasteiger partial charge < -0.3 is 24.1 Å². The first-order valence-corrected chi connectivity index (χ1v) is 8.20. The van der Waals surface area contributed by atoms with Crippen LogP contribution in [0.25, 0.3) is 0 Å². The first-order chi connectivity index (χ1) is 13.1. The lowest BCUT2D eigenvalue weighted by Gasteiger charge is -2.24. The van der Waals surface area contributed by atoms with Gasteiger partial charge >= 0.3 is 6.18 Å². The van der Waals surface area contributed by atoms with E-state index in [1.807, 2.05) is 0 Å². The summed E-state index contributed by atoms with van der Waals surface area (Å²) in [4.78, 5) is 3.73. The number of hydrogen-bond donors (Lipinski definition) is 1. The average Bonchev–Trinajstić information content (AvgIpc) is 2.64. The van der Waals surface area contributed by atoms with E-state index >= 15 is 0 Å². The Hall–Kier alpha value is -2.68. The predicted molar refractivity (Wildman–Crippen MR) is 95.4 cm³/mol. The Bertz CT molecular complexity index is 868. The molecule has 1 aromatic heterocycles. The molecule has 0 bridgehead atoms. The summed E-state index contributed by atoms with van der Waals surface area (Å²) in [5.41, 5.74) is -0.503. The van der Waals surface area contributed by atoms with Crippen molar-refractivity contribution in [1.82, 2.24) is 4.98 Å². The molecule has 1 heterocycles. The Morgan fingerprint density at radius 1 is 0.929 bits per heavy atom. The van der Waals surface area contributed by atoms with E-state index in [0.717, 1.165) is 0 Å². The number of aryl methyl sites for hydroxylation is 1. The average molecular weight is 401 g/mol. The standard InChI is InChI=1S/C19H22F3NO5/c1-9-7-12(25-3)16(26-4)17(27-5)13(9)15(24)14-10(2)11(19(20,21)22)8-23-18(14)28-6/h7-8,15,24H,1-6H3. The van der Waals surface area contributed by atoms with Crippen LogP contribution in [-0.4, -0.2) is 38.5 Å². The number of aliphatic hydroxyl groups is 1. The summed E-state index contributed by atoms with van der Waals surface area (Å²) in [6.45, 7) is 2.93. The third-order valence-corrected chi connectivity index (χ3v) is 4.47. The van der Waals surface area contributed by atoms with Crippen molar-refractivity contribution in [3.8, 4) is 23.1 Å². The maximum Gasteiger partial charge on any atom is 0.418 e. The monoisotopic (exact) mass is 401 g/mol. The molecular formula is C19H22F3NO5. The van der Waals surface area contributed by atoms with E-state index in [2.05, 4.69) is 4.98 Å². The Kier molecular flexibility index (Phi) is 6.28. The molecule has 154 valence electrons. The van der Waals surface area contributed by atoms with Crippen molar-refractivity contribution >= 4 is 0 Å². The molecule has 0 aliphatic heterocycles. The van der Waals surface area contributed by atoms with E-state index in [0.29, 0.717) is 17.5 Å². The zero-order chi connectivity index (χ0) is 21.2. The van der Waals surface area contributed by atoms with Crippen LogP contribution in [0, 0.1) is 13.8 Å². The summed E-state index contributed by atoms with van der Waals surface area (Å²) in [7, 11) is 5.46. The molecule has 0 amide bonds. The normalized spacial score (nSPS) is 12.5. The number of rotatable bonds is 6. The van der Waals surface area contributed by atoms with E-state index in [-0.39, 0.29) is 34.1 Å². The van der Waals surface area contributed by atoms with Gasteiger partial charge in [-0.3, -0.25) is 0 Å². The molecule has 0 aliphatic carbocycles. The smallest absolute Gasteiger partial charge is 0.418 e. The maximum atomic E-state index is 13.3. The molecule has 2 rings (SSSR count). The summed E-state index contributed by atoms with van der Waals surface area (Å²) in [5.74, 6) is 0.597. The van der Waals surface area contributed by atoms with E-state index < -0.39 is 17.8 Å². The van der Waals surface area contributed by atoms with Crippen molar-refractivity contribution in [3.63, 3.8) is 0 Å². The summed E-state index contributed by atoms with van der Waals surface area (Å²) in [5, 5.41) is 11.1. The number of aliphatic hydroxyl groups excluding tert-OH is 1. The van der Waals surface area contributed by atoms with Crippen LogP contribution in [0.3, 0.4) is 0 Å². The number of halogens is 3. The molecule has 0 spiro atoms. The maximum absolute atomic E-state index is 13.3.